The van der Waals surface area contributed by atoms with Gasteiger partial charge in [-0.3, -0.25) is 4.79 Å². The van der Waals surface area contributed by atoms with Gasteiger partial charge in [-0.25, -0.2) is 10.9 Å². The first-order valence-corrected chi connectivity index (χ1v) is 9.32. The molecule has 1 aliphatic heterocycles. The normalized spacial score (nSPS) is 18.8. The first-order chi connectivity index (χ1) is 13.7. The number of hydrazine groups is 1. The largest absolute Gasteiger partial charge is 0.486 e. The van der Waals surface area contributed by atoms with Gasteiger partial charge >= 0.3 is 0 Å². The van der Waals surface area contributed by atoms with Gasteiger partial charge in [-0.15, -0.1) is 0 Å². The lowest BCUT2D eigenvalue weighted by Gasteiger charge is -2.11. The van der Waals surface area contributed by atoms with Crippen LogP contribution >= 0.6 is 0 Å². The van der Waals surface area contributed by atoms with Crippen molar-refractivity contribution in [1.82, 2.24) is 16.2 Å². The Balaban J connectivity index is 1.30. The SMILES string of the molecule is Cc1cccc(OCc2ccc(C(=O)NC3CC(c4ccccc4)NN3)o2)c1. The first-order valence-electron chi connectivity index (χ1n) is 9.32. The highest BCUT2D eigenvalue weighted by Gasteiger charge is 2.27. The molecule has 0 spiro atoms. The molecule has 3 aromatic rings. The lowest BCUT2D eigenvalue weighted by molar-refractivity contribution is 0.0900. The van der Waals surface area contributed by atoms with Gasteiger partial charge in [-0.2, -0.15) is 0 Å². The molecule has 1 fully saturated rings. The Kier molecular flexibility index (Phi) is 5.41. The lowest BCUT2D eigenvalue weighted by atomic mass is 10.0. The van der Waals surface area contributed by atoms with E-state index in [1.807, 2.05) is 49.4 Å². The molecule has 1 amide bonds. The smallest absolute Gasteiger partial charge is 0.288 e. The van der Waals surface area contributed by atoms with Crippen LogP contribution in [0.2, 0.25) is 0 Å². The quantitative estimate of drug-likeness (QED) is 0.613. The molecule has 1 aliphatic rings. The van der Waals surface area contributed by atoms with Crippen LogP contribution in [0.15, 0.2) is 71.1 Å². The molecular weight excluding hydrogens is 354 g/mol. The van der Waals surface area contributed by atoms with Crippen molar-refractivity contribution in [3.8, 4) is 5.75 Å². The standard InChI is InChI=1S/C22H23N3O3/c1-15-6-5-9-17(12-15)27-14-18-10-11-20(28-18)22(26)23-21-13-19(24-25-21)16-7-3-2-4-8-16/h2-12,19,21,24-25H,13-14H2,1H3,(H,23,26). The summed E-state index contributed by atoms with van der Waals surface area (Å²) >= 11 is 0. The maximum Gasteiger partial charge on any atom is 0.288 e. The Labute approximate surface area is 163 Å². The van der Waals surface area contributed by atoms with Crippen molar-refractivity contribution in [3.63, 3.8) is 0 Å². The van der Waals surface area contributed by atoms with Crippen molar-refractivity contribution >= 4 is 5.91 Å². The van der Waals surface area contributed by atoms with Gasteiger partial charge in [0.15, 0.2) is 5.76 Å². The molecule has 2 unspecified atom stereocenters. The summed E-state index contributed by atoms with van der Waals surface area (Å²) in [5.41, 5.74) is 8.64. The maximum atomic E-state index is 12.5. The second-order valence-corrected chi connectivity index (χ2v) is 6.88. The first kappa shape index (κ1) is 18.3. The van der Waals surface area contributed by atoms with Gasteiger partial charge in [0.05, 0.1) is 6.17 Å². The Morgan fingerprint density at radius 2 is 1.96 bits per heavy atom. The summed E-state index contributed by atoms with van der Waals surface area (Å²) in [4.78, 5) is 12.5. The number of carbonyl (C=O) groups is 1. The molecule has 0 bridgehead atoms. The van der Waals surface area contributed by atoms with Crippen molar-refractivity contribution < 1.29 is 13.9 Å². The topological polar surface area (TPSA) is 75.5 Å². The van der Waals surface area contributed by atoms with Crippen LogP contribution in [0.5, 0.6) is 5.75 Å². The van der Waals surface area contributed by atoms with Gasteiger partial charge in [-0.1, -0.05) is 42.5 Å². The summed E-state index contributed by atoms with van der Waals surface area (Å²) < 4.78 is 11.3. The zero-order valence-corrected chi connectivity index (χ0v) is 15.6. The number of hydrogen-bond donors (Lipinski definition) is 3. The van der Waals surface area contributed by atoms with Crippen molar-refractivity contribution in [2.24, 2.45) is 0 Å². The number of benzene rings is 2. The Morgan fingerprint density at radius 1 is 1.11 bits per heavy atom. The fourth-order valence-electron chi connectivity index (χ4n) is 3.22. The molecule has 6 nitrogen and oxygen atoms in total. The van der Waals surface area contributed by atoms with E-state index >= 15 is 0 Å². The van der Waals surface area contributed by atoms with Crippen LogP contribution in [0.25, 0.3) is 0 Å². The van der Waals surface area contributed by atoms with Crippen LogP contribution in [0.3, 0.4) is 0 Å². The number of carbonyl (C=O) groups excluding carboxylic acids is 1. The van der Waals surface area contributed by atoms with E-state index in [1.165, 1.54) is 5.56 Å². The van der Waals surface area contributed by atoms with E-state index in [-0.39, 0.29) is 30.5 Å². The van der Waals surface area contributed by atoms with Gasteiger partial charge in [0.25, 0.3) is 5.91 Å². The number of nitrogens with one attached hydrogen (secondary N) is 3. The molecular formula is C22H23N3O3. The van der Waals surface area contributed by atoms with E-state index < -0.39 is 0 Å². The minimum absolute atomic E-state index is 0.154. The Hall–Kier alpha value is -3.09. The summed E-state index contributed by atoms with van der Waals surface area (Å²) in [6.07, 6.45) is 0.578. The summed E-state index contributed by atoms with van der Waals surface area (Å²) in [6, 6.07) is 21.5. The van der Waals surface area contributed by atoms with Crippen molar-refractivity contribution in [1.29, 1.82) is 0 Å². The summed E-state index contributed by atoms with van der Waals surface area (Å²) in [5, 5.41) is 2.94. The van der Waals surface area contributed by atoms with Crippen LogP contribution in [0, 0.1) is 6.92 Å². The van der Waals surface area contributed by atoms with Crippen LogP contribution in [-0.2, 0) is 6.61 Å². The molecule has 1 aromatic heterocycles. The molecule has 1 saturated heterocycles. The fourth-order valence-corrected chi connectivity index (χ4v) is 3.22. The number of amides is 1. The van der Waals surface area contributed by atoms with Crippen molar-refractivity contribution in [2.75, 3.05) is 0 Å². The molecule has 2 atom stereocenters. The number of aryl methyl sites for hydroxylation is 1. The number of rotatable bonds is 6. The minimum Gasteiger partial charge on any atom is -0.486 e. The Morgan fingerprint density at radius 3 is 2.79 bits per heavy atom. The van der Waals surface area contributed by atoms with Gasteiger partial charge in [-0.05, 0) is 42.3 Å². The number of furan rings is 1. The molecule has 2 aromatic carbocycles. The van der Waals surface area contributed by atoms with Crippen LogP contribution in [-0.4, -0.2) is 12.1 Å². The lowest BCUT2D eigenvalue weighted by Crippen LogP contribution is -2.44. The fraction of sp³-hybridized carbons (Fsp3) is 0.227. The van der Waals surface area contributed by atoms with E-state index in [2.05, 4.69) is 28.3 Å². The van der Waals surface area contributed by atoms with Crippen LogP contribution in [0.4, 0.5) is 0 Å². The zero-order valence-electron chi connectivity index (χ0n) is 15.6. The van der Waals surface area contributed by atoms with Crippen LogP contribution in [0.1, 0.15) is 39.9 Å². The Bertz CT molecular complexity index is 939. The molecule has 28 heavy (non-hydrogen) atoms. The summed E-state index contributed by atoms with van der Waals surface area (Å²) in [7, 11) is 0. The summed E-state index contributed by atoms with van der Waals surface area (Å²) in [5.74, 6) is 1.39. The second-order valence-electron chi connectivity index (χ2n) is 6.88. The molecule has 2 heterocycles. The molecule has 6 heteroatoms. The molecule has 4 rings (SSSR count). The molecule has 0 aliphatic carbocycles. The zero-order chi connectivity index (χ0) is 19.3. The van der Waals surface area contributed by atoms with Gasteiger partial charge < -0.3 is 14.5 Å². The van der Waals surface area contributed by atoms with E-state index in [9.17, 15) is 4.79 Å². The molecule has 0 saturated carbocycles. The van der Waals surface area contributed by atoms with Gasteiger partial charge in [0, 0.05) is 12.5 Å². The predicted octanol–water partition coefficient (Wildman–Crippen LogP) is 3.46. The number of ether oxygens (including phenoxy) is 1. The van der Waals surface area contributed by atoms with Crippen molar-refractivity contribution in [3.05, 3.63) is 89.4 Å². The molecule has 3 N–H and O–H groups in total. The third-order valence-electron chi connectivity index (χ3n) is 4.67. The minimum atomic E-state index is -0.255. The number of hydrogen-bond acceptors (Lipinski definition) is 5. The highest BCUT2D eigenvalue weighted by molar-refractivity contribution is 5.91. The van der Waals surface area contributed by atoms with E-state index in [4.69, 9.17) is 9.15 Å². The summed E-state index contributed by atoms with van der Waals surface area (Å²) in [6.45, 7) is 2.28. The average Bonchev–Trinajstić information content (AvgIpc) is 3.37. The van der Waals surface area contributed by atoms with Gasteiger partial charge in [0.2, 0.25) is 0 Å². The second kappa shape index (κ2) is 8.29. The monoisotopic (exact) mass is 377 g/mol. The molecule has 0 radical (unpaired) electrons. The van der Waals surface area contributed by atoms with Crippen molar-refractivity contribution in [2.45, 2.75) is 32.2 Å². The van der Waals surface area contributed by atoms with E-state index in [0.717, 1.165) is 17.7 Å². The van der Waals surface area contributed by atoms with E-state index in [0.29, 0.717) is 5.76 Å². The third-order valence-corrected chi connectivity index (χ3v) is 4.67. The highest BCUT2D eigenvalue weighted by atomic mass is 16.5. The van der Waals surface area contributed by atoms with Gasteiger partial charge in [0.1, 0.15) is 18.1 Å². The maximum absolute atomic E-state index is 12.5. The van der Waals surface area contributed by atoms with E-state index in [1.54, 1.807) is 12.1 Å². The highest BCUT2D eigenvalue weighted by Crippen LogP contribution is 2.21. The van der Waals surface area contributed by atoms with Crippen LogP contribution < -0.4 is 20.9 Å². The predicted molar refractivity (Wildman–Crippen MR) is 106 cm³/mol. The molecule has 144 valence electrons. The average molecular weight is 377 g/mol. The third kappa shape index (κ3) is 4.42.